The second-order valence-corrected chi connectivity index (χ2v) is 3.41. The average Bonchev–Trinajstić information content (AvgIpc) is 2.18. The van der Waals surface area contributed by atoms with Crippen LogP contribution in [0.3, 0.4) is 0 Å². The Kier molecular flexibility index (Phi) is 2.35. The van der Waals surface area contributed by atoms with Crippen LogP contribution in [0.4, 0.5) is 0 Å². The Morgan fingerprint density at radius 1 is 1.46 bits per heavy atom. The van der Waals surface area contributed by atoms with Gasteiger partial charge in [-0.05, 0) is 24.5 Å². The summed E-state index contributed by atoms with van der Waals surface area (Å²) >= 11 is 0. The Balaban J connectivity index is 2.15. The first kappa shape index (κ1) is 8.36. The number of ether oxygens (including phenoxy) is 1. The highest BCUT2D eigenvalue weighted by Gasteiger charge is 2.17. The van der Waals surface area contributed by atoms with Crippen molar-refractivity contribution >= 4 is 0 Å². The summed E-state index contributed by atoms with van der Waals surface area (Å²) in [6.45, 7) is 3.73. The van der Waals surface area contributed by atoms with Crippen LogP contribution in [0.5, 0.6) is 5.75 Å². The van der Waals surface area contributed by atoms with Gasteiger partial charge in [-0.2, -0.15) is 0 Å². The molecule has 1 aliphatic heterocycles. The standard InChI is InChI=1S/C12H14O/c1-2-5-11-9-8-10-6-3-4-7-12(10)13-11/h2-4,6-7,11H,1,5,8-9H2. The summed E-state index contributed by atoms with van der Waals surface area (Å²) in [5.41, 5.74) is 1.34. The zero-order chi connectivity index (χ0) is 9.10. The van der Waals surface area contributed by atoms with Gasteiger partial charge in [0.15, 0.2) is 0 Å². The molecule has 1 aliphatic rings. The van der Waals surface area contributed by atoms with Crippen molar-refractivity contribution < 1.29 is 4.74 Å². The van der Waals surface area contributed by atoms with Gasteiger partial charge < -0.3 is 4.74 Å². The first-order chi connectivity index (χ1) is 6.40. The Morgan fingerprint density at radius 2 is 2.31 bits per heavy atom. The molecule has 1 nitrogen and oxygen atoms in total. The van der Waals surface area contributed by atoms with Crippen LogP contribution < -0.4 is 4.74 Å². The summed E-state index contributed by atoms with van der Waals surface area (Å²) < 4.78 is 5.80. The molecule has 1 unspecified atom stereocenters. The molecule has 0 N–H and O–H groups in total. The number of hydrogen-bond donors (Lipinski definition) is 0. The first-order valence-electron chi connectivity index (χ1n) is 4.75. The molecule has 1 aromatic carbocycles. The maximum absolute atomic E-state index is 5.80. The molecule has 1 heteroatoms. The van der Waals surface area contributed by atoms with E-state index >= 15 is 0 Å². The Morgan fingerprint density at radius 3 is 3.15 bits per heavy atom. The van der Waals surface area contributed by atoms with Gasteiger partial charge in [-0.25, -0.2) is 0 Å². The highest BCUT2D eigenvalue weighted by Crippen LogP contribution is 2.27. The third-order valence-electron chi connectivity index (χ3n) is 2.43. The molecule has 0 fully saturated rings. The fourth-order valence-electron chi connectivity index (χ4n) is 1.73. The minimum Gasteiger partial charge on any atom is -0.490 e. The second kappa shape index (κ2) is 3.65. The lowest BCUT2D eigenvalue weighted by Crippen LogP contribution is -2.21. The van der Waals surface area contributed by atoms with Crippen molar-refractivity contribution in [2.75, 3.05) is 0 Å². The van der Waals surface area contributed by atoms with E-state index in [4.69, 9.17) is 4.74 Å². The molecule has 0 aromatic heterocycles. The van der Waals surface area contributed by atoms with Crippen LogP contribution in [-0.4, -0.2) is 6.10 Å². The maximum Gasteiger partial charge on any atom is 0.122 e. The van der Waals surface area contributed by atoms with E-state index in [-0.39, 0.29) is 0 Å². The summed E-state index contributed by atoms with van der Waals surface area (Å²) in [4.78, 5) is 0. The predicted octanol–water partition coefficient (Wildman–Crippen LogP) is 2.96. The first-order valence-corrected chi connectivity index (χ1v) is 4.75. The van der Waals surface area contributed by atoms with Crippen molar-refractivity contribution in [2.24, 2.45) is 0 Å². The molecule has 0 bridgehead atoms. The van der Waals surface area contributed by atoms with Crippen LogP contribution in [0.15, 0.2) is 36.9 Å². The topological polar surface area (TPSA) is 9.23 Å². The van der Waals surface area contributed by atoms with Crippen molar-refractivity contribution in [1.82, 2.24) is 0 Å². The van der Waals surface area contributed by atoms with E-state index in [1.807, 2.05) is 18.2 Å². The highest BCUT2D eigenvalue weighted by molar-refractivity contribution is 5.35. The van der Waals surface area contributed by atoms with Gasteiger partial charge in [0.05, 0.1) is 0 Å². The molecule has 2 rings (SSSR count). The number of aryl methyl sites for hydroxylation is 1. The Labute approximate surface area is 79.0 Å². The van der Waals surface area contributed by atoms with Gasteiger partial charge >= 0.3 is 0 Å². The van der Waals surface area contributed by atoms with E-state index in [9.17, 15) is 0 Å². The zero-order valence-corrected chi connectivity index (χ0v) is 7.70. The predicted molar refractivity (Wildman–Crippen MR) is 54.0 cm³/mol. The number of rotatable bonds is 2. The smallest absolute Gasteiger partial charge is 0.122 e. The summed E-state index contributed by atoms with van der Waals surface area (Å²) in [5.74, 6) is 1.06. The fourth-order valence-corrected chi connectivity index (χ4v) is 1.73. The molecule has 0 saturated carbocycles. The van der Waals surface area contributed by atoms with Gasteiger partial charge in [-0.3, -0.25) is 0 Å². The SMILES string of the molecule is C=CCC1CCc2ccccc2O1. The average molecular weight is 174 g/mol. The Hall–Kier alpha value is -1.24. The van der Waals surface area contributed by atoms with E-state index in [0.29, 0.717) is 6.10 Å². The number of para-hydroxylation sites is 1. The van der Waals surface area contributed by atoms with Crippen LogP contribution in [0.1, 0.15) is 18.4 Å². The molecule has 0 spiro atoms. The lowest BCUT2D eigenvalue weighted by Gasteiger charge is -2.24. The fraction of sp³-hybridized carbons (Fsp3) is 0.333. The third kappa shape index (κ3) is 1.74. The van der Waals surface area contributed by atoms with E-state index in [0.717, 1.165) is 25.0 Å². The lowest BCUT2D eigenvalue weighted by atomic mass is 10.0. The van der Waals surface area contributed by atoms with Crippen molar-refractivity contribution in [3.8, 4) is 5.75 Å². The summed E-state index contributed by atoms with van der Waals surface area (Å²) in [5, 5.41) is 0. The van der Waals surface area contributed by atoms with Crippen LogP contribution >= 0.6 is 0 Å². The van der Waals surface area contributed by atoms with Crippen molar-refractivity contribution in [3.63, 3.8) is 0 Å². The van der Waals surface area contributed by atoms with Crippen LogP contribution in [0, 0.1) is 0 Å². The van der Waals surface area contributed by atoms with E-state index in [2.05, 4.69) is 18.7 Å². The van der Waals surface area contributed by atoms with Crippen LogP contribution in [-0.2, 0) is 6.42 Å². The van der Waals surface area contributed by atoms with E-state index < -0.39 is 0 Å². The monoisotopic (exact) mass is 174 g/mol. The normalized spacial score (nSPS) is 20.2. The summed E-state index contributed by atoms with van der Waals surface area (Å²) in [6, 6.07) is 8.27. The quantitative estimate of drug-likeness (QED) is 0.626. The van der Waals surface area contributed by atoms with E-state index in [1.165, 1.54) is 5.56 Å². The van der Waals surface area contributed by atoms with Gasteiger partial charge in [-0.15, -0.1) is 6.58 Å². The molecular weight excluding hydrogens is 160 g/mol. The molecule has 0 saturated heterocycles. The summed E-state index contributed by atoms with van der Waals surface area (Å²) in [7, 11) is 0. The largest absolute Gasteiger partial charge is 0.490 e. The van der Waals surface area contributed by atoms with Gasteiger partial charge in [0.25, 0.3) is 0 Å². The third-order valence-corrected chi connectivity index (χ3v) is 2.43. The minimum atomic E-state index is 0.340. The molecule has 68 valence electrons. The van der Waals surface area contributed by atoms with Crippen molar-refractivity contribution in [3.05, 3.63) is 42.5 Å². The lowest BCUT2D eigenvalue weighted by molar-refractivity contribution is 0.176. The van der Waals surface area contributed by atoms with Crippen LogP contribution in [0.25, 0.3) is 0 Å². The highest BCUT2D eigenvalue weighted by atomic mass is 16.5. The molecule has 0 radical (unpaired) electrons. The molecule has 1 atom stereocenters. The van der Waals surface area contributed by atoms with Crippen LogP contribution in [0.2, 0.25) is 0 Å². The molecule has 1 aromatic rings. The number of fused-ring (bicyclic) bond motifs is 1. The minimum absolute atomic E-state index is 0.340. The van der Waals surface area contributed by atoms with Gasteiger partial charge in [0.1, 0.15) is 11.9 Å². The molecule has 0 amide bonds. The van der Waals surface area contributed by atoms with Gasteiger partial charge in [0.2, 0.25) is 0 Å². The summed E-state index contributed by atoms with van der Waals surface area (Å²) in [6.07, 6.45) is 5.47. The molecule has 13 heavy (non-hydrogen) atoms. The van der Waals surface area contributed by atoms with Gasteiger partial charge in [-0.1, -0.05) is 24.3 Å². The zero-order valence-electron chi connectivity index (χ0n) is 7.70. The van der Waals surface area contributed by atoms with Gasteiger partial charge in [0, 0.05) is 6.42 Å². The molecule has 1 heterocycles. The number of benzene rings is 1. The second-order valence-electron chi connectivity index (χ2n) is 3.41. The maximum atomic E-state index is 5.80. The molecule has 0 aliphatic carbocycles. The van der Waals surface area contributed by atoms with Crippen molar-refractivity contribution in [1.29, 1.82) is 0 Å². The number of hydrogen-bond acceptors (Lipinski definition) is 1. The van der Waals surface area contributed by atoms with Crippen molar-refractivity contribution in [2.45, 2.75) is 25.4 Å². The molecular formula is C12H14O. The van der Waals surface area contributed by atoms with E-state index in [1.54, 1.807) is 0 Å². The Bertz CT molecular complexity index is 304.